The highest BCUT2D eigenvalue weighted by molar-refractivity contribution is 8.13. The minimum atomic E-state index is -0.495. The van der Waals surface area contributed by atoms with Gasteiger partial charge in [-0.3, -0.25) is 9.59 Å². The normalized spacial score (nSPS) is 11.9. The van der Waals surface area contributed by atoms with Gasteiger partial charge in [-0.1, -0.05) is 121 Å². The van der Waals surface area contributed by atoms with Crippen molar-refractivity contribution in [1.82, 2.24) is 20.2 Å². The number of tetrazole rings is 1. The van der Waals surface area contributed by atoms with Crippen LogP contribution in [-0.4, -0.2) is 44.6 Å². The van der Waals surface area contributed by atoms with Crippen molar-refractivity contribution in [3.63, 3.8) is 0 Å². The number of thioether (sulfide) groups is 1. The smallest absolute Gasteiger partial charge is 0.328 e. The molecule has 1 amide bonds. The maximum absolute atomic E-state index is 13.9. The third-order valence-corrected chi connectivity index (χ3v) is 9.01. The summed E-state index contributed by atoms with van der Waals surface area (Å²) in [6.07, 6.45) is 19.5. The van der Waals surface area contributed by atoms with E-state index in [1.165, 1.54) is 98.8 Å². The van der Waals surface area contributed by atoms with Gasteiger partial charge in [0.05, 0.1) is 5.69 Å². The highest BCUT2D eigenvalue weighted by Crippen LogP contribution is 2.39. The van der Waals surface area contributed by atoms with Crippen LogP contribution in [0.4, 0.5) is 16.2 Å². The minimum Gasteiger partial charge on any atom is -0.460 e. The molecule has 0 fully saturated rings. The van der Waals surface area contributed by atoms with Gasteiger partial charge in [-0.2, -0.15) is 0 Å². The fourth-order valence-electron chi connectivity index (χ4n) is 5.78. The molecule has 238 valence electrons. The molecule has 0 bridgehead atoms. The first-order valence-electron chi connectivity index (χ1n) is 16.4. The second-order valence-corrected chi connectivity index (χ2v) is 12.5. The predicted octanol–water partition coefficient (Wildman–Crippen LogP) is 8.68. The van der Waals surface area contributed by atoms with Gasteiger partial charge in [-0.05, 0) is 34.5 Å². The number of aromatic nitrogens is 4. The fraction of sp³-hybridized carbons (Fsp3) is 0.559. The van der Waals surface area contributed by atoms with Crippen molar-refractivity contribution in [2.75, 3.05) is 23.4 Å². The summed E-state index contributed by atoms with van der Waals surface area (Å²) in [5, 5.41) is 17.4. The Hall–Kier alpha value is -3.40. The zero-order chi connectivity index (χ0) is 31.0. The van der Waals surface area contributed by atoms with Gasteiger partial charge in [0.2, 0.25) is 5.16 Å². The lowest BCUT2D eigenvalue weighted by Crippen LogP contribution is -2.29. The van der Waals surface area contributed by atoms with E-state index in [1.54, 1.807) is 0 Å². The first-order valence-corrected chi connectivity index (χ1v) is 17.2. The molecule has 0 saturated heterocycles. The number of benzene rings is 2. The molecule has 1 aliphatic rings. The highest BCUT2D eigenvalue weighted by Gasteiger charge is 2.25. The Labute approximate surface area is 266 Å². The monoisotopic (exact) mass is 620 g/mol. The number of anilines is 2. The van der Waals surface area contributed by atoms with Gasteiger partial charge in [0.25, 0.3) is 5.24 Å². The fourth-order valence-corrected chi connectivity index (χ4v) is 6.52. The number of hydrogen-bond acceptors (Lipinski definition) is 8. The van der Waals surface area contributed by atoms with Crippen LogP contribution in [0.5, 0.6) is 0 Å². The van der Waals surface area contributed by atoms with Crippen LogP contribution in [0.2, 0.25) is 0 Å². The largest absolute Gasteiger partial charge is 0.460 e. The van der Waals surface area contributed by atoms with Crippen LogP contribution in [0, 0.1) is 0 Å². The van der Waals surface area contributed by atoms with E-state index in [-0.39, 0.29) is 23.5 Å². The summed E-state index contributed by atoms with van der Waals surface area (Å²) in [6, 6.07) is 10.3. The molecule has 1 aromatic heterocycles. The summed E-state index contributed by atoms with van der Waals surface area (Å²) in [5.74, 6) is -0.495. The van der Waals surface area contributed by atoms with E-state index in [4.69, 9.17) is 4.74 Å². The number of rotatable bonds is 21. The number of hydrogen-bond donors (Lipinski definition) is 1. The molecule has 0 spiro atoms. The van der Waals surface area contributed by atoms with Crippen molar-refractivity contribution >= 4 is 45.1 Å². The van der Waals surface area contributed by atoms with Crippen LogP contribution in [0.25, 0.3) is 10.8 Å². The van der Waals surface area contributed by atoms with Crippen molar-refractivity contribution in [3.8, 4) is 0 Å². The van der Waals surface area contributed by atoms with E-state index in [2.05, 4.69) is 52.5 Å². The van der Waals surface area contributed by atoms with E-state index in [1.807, 2.05) is 17.0 Å². The minimum absolute atomic E-state index is 0.106. The molecule has 2 heterocycles. The summed E-state index contributed by atoms with van der Waals surface area (Å²) in [7, 11) is 0. The summed E-state index contributed by atoms with van der Waals surface area (Å²) in [6.45, 7) is 7.14. The highest BCUT2D eigenvalue weighted by atomic mass is 32.2. The summed E-state index contributed by atoms with van der Waals surface area (Å²) in [4.78, 5) is 27.8. The van der Waals surface area contributed by atoms with Crippen molar-refractivity contribution in [1.29, 1.82) is 0 Å². The van der Waals surface area contributed by atoms with E-state index >= 15 is 0 Å². The maximum Gasteiger partial charge on any atom is 0.328 e. The molecule has 0 unspecified atom stereocenters. The number of nitrogens with zero attached hydrogens (tertiary/aromatic N) is 5. The van der Waals surface area contributed by atoms with Gasteiger partial charge in [0.1, 0.15) is 13.2 Å². The topological polar surface area (TPSA) is 102 Å². The average Bonchev–Trinajstić information content (AvgIpc) is 3.66. The van der Waals surface area contributed by atoms with Crippen molar-refractivity contribution in [3.05, 3.63) is 48.6 Å². The lowest BCUT2D eigenvalue weighted by molar-refractivity contribution is -0.143. The summed E-state index contributed by atoms with van der Waals surface area (Å²) >= 11 is 0.935. The van der Waals surface area contributed by atoms with E-state index in [0.29, 0.717) is 6.54 Å². The molecule has 0 saturated carbocycles. The summed E-state index contributed by atoms with van der Waals surface area (Å²) < 4.78 is 6.37. The molecule has 44 heavy (non-hydrogen) atoms. The van der Waals surface area contributed by atoms with Crippen LogP contribution in [-0.2, 0) is 22.6 Å². The number of amides is 1. The Kier molecular flexibility index (Phi) is 14.0. The lowest BCUT2D eigenvalue weighted by atomic mass is 10.0. The average molecular weight is 621 g/mol. The lowest BCUT2D eigenvalue weighted by Gasteiger charge is -2.24. The number of unbranched alkanes of at least 4 members (excludes halogenated alkanes) is 13. The van der Waals surface area contributed by atoms with Gasteiger partial charge in [0, 0.05) is 41.3 Å². The van der Waals surface area contributed by atoms with Crippen LogP contribution in [0.15, 0.2) is 48.1 Å². The Morgan fingerprint density at radius 1 is 0.977 bits per heavy atom. The Balaban J connectivity index is 1.32. The van der Waals surface area contributed by atoms with Crippen molar-refractivity contribution in [2.24, 2.45) is 0 Å². The number of esters is 1. The molecule has 1 aliphatic heterocycles. The van der Waals surface area contributed by atoms with Gasteiger partial charge in [0.15, 0.2) is 0 Å². The maximum atomic E-state index is 13.9. The zero-order valence-corrected chi connectivity index (χ0v) is 27.1. The molecular formula is C34H48N6O3S. The Morgan fingerprint density at radius 2 is 1.66 bits per heavy atom. The molecule has 2 aromatic carbocycles. The molecule has 10 heteroatoms. The van der Waals surface area contributed by atoms with E-state index in [0.717, 1.165) is 47.9 Å². The number of nitrogens with one attached hydrogen (secondary N) is 1. The van der Waals surface area contributed by atoms with Gasteiger partial charge in [-0.25, -0.2) is 4.68 Å². The summed E-state index contributed by atoms with van der Waals surface area (Å²) in [5.41, 5.74) is 3.21. The second kappa shape index (κ2) is 18.4. The number of carbonyl (C=O) groups excluding carboxylic acids is 2. The number of ether oxygens (including phenoxy) is 1. The van der Waals surface area contributed by atoms with E-state index < -0.39 is 5.97 Å². The molecule has 0 atom stereocenters. The SMILES string of the molecule is C=CCOC(=O)Cn1nnnc1SC(=O)N(CCCCCCCCCCCCCCCC)c1ccc2c3c(cccc13)NC2. The quantitative estimate of drug-likeness (QED) is 0.0546. The first kappa shape index (κ1) is 33.5. The molecule has 0 radical (unpaired) electrons. The third kappa shape index (κ3) is 9.81. The predicted molar refractivity (Wildman–Crippen MR) is 179 cm³/mol. The van der Waals surface area contributed by atoms with Crippen LogP contribution in [0.3, 0.4) is 0 Å². The van der Waals surface area contributed by atoms with Gasteiger partial charge < -0.3 is 15.0 Å². The Morgan fingerprint density at radius 3 is 2.34 bits per heavy atom. The zero-order valence-electron chi connectivity index (χ0n) is 26.3. The molecular weight excluding hydrogens is 572 g/mol. The van der Waals surface area contributed by atoms with Crippen molar-refractivity contribution in [2.45, 2.75) is 115 Å². The molecule has 3 aromatic rings. The third-order valence-electron chi connectivity index (χ3n) is 8.14. The van der Waals surface area contributed by atoms with Crippen molar-refractivity contribution < 1.29 is 14.3 Å². The van der Waals surface area contributed by atoms with Crippen LogP contribution >= 0.6 is 11.8 Å². The van der Waals surface area contributed by atoms with E-state index in [9.17, 15) is 9.59 Å². The molecule has 0 aliphatic carbocycles. The second-order valence-electron chi connectivity index (χ2n) is 11.5. The van der Waals surface area contributed by atoms with Crippen LogP contribution in [0.1, 0.15) is 102 Å². The Bertz CT molecular complexity index is 1350. The molecule has 9 nitrogen and oxygen atoms in total. The van der Waals surface area contributed by atoms with Crippen LogP contribution < -0.4 is 10.2 Å². The standard InChI is InChI=1S/C34H48N6O3S/c1-3-5-6-7-8-9-10-11-12-13-14-15-16-17-23-39(30-22-21-27-25-35-29-20-18-19-28(30)32(27)29)34(42)44-33-36-37-38-40(33)26-31(41)43-24-4-2/h4,18-22,35H,2-3,5-17,23-26H2,1H3. The molecule has 4 rings (SSSR count). The molecule has 1 N–H and O–H groups in total. The van der Waals surface area contributed by atoms with Gasteiger partial charge >= 0.3 is 5.97 Å². The first-order chi connectivity index (χ1) is 21.6. The van der Waals surface area contributed by atoms with Gasteiger partial charge in [-0.15, -0.1) is 5.10 Å². The number of carbonyl (C=O) groups is 2.